The molecular formula is C20H28N4O6. The van der Waals surface area contributed by atoms with Gasteiger partial charge in [-0.15, -0.1) is 0 Å². The van der Waals surface area contributed by atoms with E-state index >= 15 is 0 Å². The van der Waals surface area contributed by atoms with Gasteiger partial charge in [0.15, 0.2) is 0 Å². The second kappa shape index (κ2) is 8.45. The smallest absolute Gasteiger partial charge is 0.407 e. The Labute approximate surface area is 175 Å². The van der Waals surface area contributed by atoms with Crippen LogP contribution < -0.4 is 10.2 Å². The van der Waals surface area contributed by atoms with Gasteiger partial charge in [0, 0.05) is 31.6 Å². The molecule has 2 atom stereocenters. The van der Waals surface area contributed by atoms with Crippen molar-refractivity contribution >= 4 is 23.4 Å². The van der Waals surface area contributed by atoms with E-state index in [2.05, 4.69) is 10.3 Å². The molecule has 1 aliphatic heterocycles. The van der Waals surface area contributed by atoms with Gasteiger partial charge in [-0.05, 0) is 46.5 Å². The second-order valence-corrected chi connectivity index (χ2v) is 8.68. The fourth-order valence-electron chi connectivity index (χ4n) is 4.06. The molecule has 1 amide bonds. The van der Waals surface area contributed by atoms with Crippen LogP contribution in [0.4, 0.5) is 16.2 Å². The van der Waals surface area contributed by atoms with Crippen LogP contribution in [0.2, 0.25) is 0 Å². The number of ether oxygens (including phenoxy) is 2. The monoisotopic (exact) mass is 420 g/mol. The van der Waals surface area contributed by atoms with E-state index in [1.54, 1.807) is 20.8 Å². The molecule has 10 heteroatoms. The lowest BCUT2D eigenvalue weighted by Gasteiger charge is -2.35. The van der Waals surface area contributed by atoms with Gasteiger partial charge in [0.2, 0.25) is 0 Å². The average Bonchev–Trinajstić information content (AvgIpc) is 3.01. The number of carbonyl (C=O) groups excluding carboxylic acids is 2. The fraction of sp³-hybridized carbons (Fsp3) is 0.650. The number of aromatic nitrogens is 1. The standard InChI is InChI=1S/C20H28N4O6/c1-12(25)29-16-8-7-14-17(16)21-10-15(24(27)28)18(14)23-9-5-6-13(11-23)22-19(26)30-20(2,3)4/h10,13,16H,5-9,11H2,1-4H3,(H,22,26)/t13-,16?/m0/s1. The average molecular weight is 420 g/mol. The van der Waals surface area contributed by atoms with Crippen LogP contribution in [-0.2, 0) is 20.7 Å². The van der Waals surface area contributed by atoms with Crippen molar-refractivity contribution in [1.82, 2.24) is 10.3 Å². The fourth-order valence-corrected chi connectivity index (χ4v) is 4.06. The summed E-state index contributed by atoms with van der Waals surface area (Å²) in [5.74, 6) is -0.408. The topological polar surface area (TPSA) is 124 Å². The van der Waals surface area contributed by atoms with Crippen LogP contribution in [0, 0.1) is 10.1 Å². The zero-order valence-corrected chi connectivity index (χ0v) is 17.8. The number of fused-ring (bicyclic) bond motifs is 1. The molecule has 0 spiro atoms. The summed E-state index contributed by atoms with van der Waals surface area (Å²) in [6.45, 7) is 7.77. The van der Waals surface area contributed by atoms with E-state index in [1.165, 1.54) is 13.1 Å². The zero-order chi connectivity index (χ0) is 22.1. The summed E-state index contributed by atoms with van der Waals surface area (Å²) in [7, 11) is 0. The molecular weight excluding hydrogens is 392 g/mol. The molecule has 1 fully saturated rings. The number of amides is 1. The van der Waals surface area contributed by atoms with Gasteiger partial charge in [-0.25, -0.2) is 9.78 Å². The third-order valence-electron chi connectivity index (χ3n) is 5.09. The van der Waals surface area contributed by atoms with Crippen LogP contribution in [0.1, 0.15) is 64.3 Å². The first kappa shape index (κ1) is 21.8. The van der Waals surface area contributed by atoms with Crippen molar-refractivity contribution in [3.05, 3.63) is 27.6 Å². The summed E-state index contributed by atoms with van der Waals surface area (Å²) in [6.07, 6.45) is 2.85. The summed E-state index contributed by atoms with van der Waals surface area (Å²) >= 11 is 0. The van der Waals surface area contributed by atoms with E-state index in [4.69, 9.17) is 9.47 Å². The number of nitro groups is 1. The Kier molecular flexibility index (Phi) is 6.14. The number of anilines is 1. The lowest BCUT2D eigenvalue weighted by atomic mass is 10.0. The van der Waals surface area contributed by atoms with Crippen LogP contribution in [-0.4, -0.2) is 46.7 Å². The first-order valence-corrected chi connectivity index (χ1v) is 10.1. The van der Waals surface area contributed by atoms with Crippen LogP contribution >= 0.6 is 0 Å². The highest BCUT2D eigenvalue weighted by molar-refractivity contribution is 5.72. The van der Waals surface area contributed by atoms with Gasteiger partial charge in [-0.1, -0.05) is 0 Å². The third-order valence-corrected chi connectivity index (χ3v) is 5.09. The van der Waals surface area contributed by atoms with Crippen molar-refractivity contribution in [3.8, 4) is 0 Å². The highest BCUT2D eigenvalue weighted by Crippen LogP contribution is 2.43. The van der Waals surface area contributed by atoms with Gasteiger partial charge in [0.25, 0.3) is 0 Å². The van der Waals surface area contributed by atoms with Crippen molar-refractivity contribution < 1.29 is 24.0 Å². The van der Waals surface area contributed by atoms with E-state index in [0.29, 0.717) is 37.3 Å². The number of hydrogen-bond acceptors (Lipinski definition) is 8. The molecule has 1 aromatic heterocycles. The molecule has 1 aromatic rings. The number of pyridine rings is 1. The maximum absolute atomic E-state index is 12.2. The summed E-state index contributed by atoms with van der Waals surface area (Å²) in [5, 5.41) is 14.6. The highest BCUT2D eigenvalue weighted by atomic mass is 16.6. The van der Waals surface area contributed by atoms with Gasteiger partial charge >= 0.3 is 17.7 Å². The molecule has 1 saturated heterocycles. The predicted octanol–water partition coefficient (Wildman–Crippen LogP) is 3.03. The Morgan fingerprint density at radius 3 is 2.70 bits per heavy atom. The summed E-state index contributed by atoms with van der Waals surface area (Å²) in [4.78, 5) is 41.0. The lowest BCUT2D eigenvalue weighted by molar-refractivity contribution is -0.384. The number of alkyl carbamates (subject to hydrolysis) is 1. The highest BCUT2D eigenvalue weighted by Gasteiger charge is 2.36. The van der Waals surface area contributed by atoms with Gasteiger partial charge < -0.3 is 19.7 Å². The Hall–Kier alpha value is -2.91. The van der Waals surface area contributed by atoms with E-state index in [0.717, 1.165) is 18.4 Å². The molecule has 0 aromatic carbocycles. The number of hydrogen-bond donors (Lipinski definition) is 1. The minimum Gasteiger partial charge on any atom is -0.456 e. The van der Waals surface area contributed by atoms with Crippen molar-refractivity contribution in [2.24, 2.45) is 0 Å². The number of nitrogens with zero attached hydrogens (tertiary/aromatic N) is 3. The Morgan fingerprint density at radius 2 is 2.07 bits per heavy atom. The molecule has 2 heterocycles. The first-order chi connectivity index (χ1) is 14.0. The molecule has 30 heavy (non-hydrogen) atoms. The largest absolute Gasteiger partial charge is 0.456 e. The lowest BCUT2D eigenvalue weighted by Crippen LogP contribution is -2.49. The number of piperidine rings is 1. The minimum absolute atomic E-state index is 0.0739. The van der Waals surface area contributed by atoms with E-state index in [1.807, 2.05) is 4.90 Å². The maximum atomic E-state index is 12.2. The van der Waals surface area contributed by atoms with Crippen molar-refractivity contribution in [2.75, 3.05) is 18.0 Å². The molecule has 1 unspecified atom stereocenters. The normalized spacial score (nSPS) is 21.0. The van der Waals surface area contributed by atoms with Gasteiger partial charge in [0.05, 0.1) is 10.6 Å². The zero-order valence-electron chi connectivity index (χ0n) is 17.8. The van der Waals surface area contributed by atoms with Crippen LogP contribution in [0.25, 0.3) is 0 Å². The molecule has 164 valence electrons. The van der Waals surface area contributed by atoms with Crippen molar-refractivity contribution in [2.45, 2.75) is 71.1 Å². The van der Waals surface area contributed by atoms with E-state index in [9.17, 15) is 19.7 Å². The third kappa shape index (κ3) is 4.98. The Bertz CT molecular complexity index is 850. The number of esters is 1. The molecule has 2 aliphatic rings. The number of carbonyl (C=O) groups is 2. The Balaban J connectivity index is 1.85. The summed E-state index contributed by atoms with van der Waals surface area (Å²) in [5.41, 5.74) is 1.15. The Morgan fingerprint density at radius 1 is 1.33 bits per heavy atom. The first-order valence-electron chi connectivity index (χ1n) is 10.1. The molecule has 1 aliphatic carbocycles. The van der Waals surface area contributed by atoms with Gasteiger partial charge in [-0.2, -0.15) is 0 Å². The van der Waals surface area contributed by atoms with E-state index < -0.39 is 28.7 Å². The van der Waals surface area contributed by atoms with Crippen LogP contribution in [0.15, 0.2) is 6.20 Å². The summed E-state index contributed by atoms with van der Waals surface area (Å²) < 4.78 is 10.7. The minimum atomic E-state index is -0.602. The molecule has 3 rings (SSSR count). The second-order valence-electron chi connectivity index (χ2n) is 8.68. The molecule has 0 saturated carbocycles. The molecule has 10 nitrogen and oxygen atoms in total. The van der Waals surface area contributed by atoms with E-state index in [-0.39, 0.29) is 11.7 Å². The quantitative estimate of drug-likeness (QED) is 0.448. The van der Waals surface area contributed by atoms with Gasteiger partial charge in [0.1, 0.15) is 23.6 Å². The predicted molar refractivity (Wildman–Crippen MR) is 108 cm³/mol. The van der Waals surface area contributed by atoms with Crippen molar-refractivity contribution in [3.63, 3.8) is 0 Å². The SMILES string of the molecule is CC(=O)OC1CCc2c1ncc([N+](=O)[O-])c2N1CCC[C@H](NC(=O)OC(C)(C)C)C1. The summed E-state index contributed by atoms with van der Waals surface area (Å²) in [6, 6.07) is -0.192. The van der Waals surface area contributed by atoms with Crippen LogP contribution in [0.3, 0.4) is 0 Å². The van der Waals surface area contributed by atoms with Gasteiger partial charge in [-0.3, -0.25) is 14.9 Å². The maximum Gasteiger partial charge on any atom is 0.407 e. The number of nitrogens with one attached hydrogen (secondary N) is 1. The molecule has 0 bridgehead atoms. The number of rotatable bonds is 4. The van der Waals surface area contributed by atoms with Crippen molar-refractivity contribution in [1.29, 1.82) is 0 Å². The molecule has 1 N–H and O–H groups in total. The molecule has 0 radical (unpaired) electrons. The van der Waals surface area contributed by atoms with Crippen LogP contribution in [0.5, 0.6) is 0 Å².